The summed E-state index contributed by atoms with van der Waals surface area (Å²) < 4.78 is 0.707. The molecule has 0 aliphatic heterocycles. The van der Waals surface area contributed by atoms with Crippen molar-refractivity contribution in [2.24, 2.45) is 0 Å². The molecule has 0 radical (unpaired) electrons. The average molecular weight is 383 g/mol. The molecule has 0 bridgehead atoms. The fourth-order valence-corrected chi connectivity index (χ4v) is 2.14. The summed E-state index contributed by atoms with van der Waals surface area (Å²) in [5.74, 6) is 0. The number of hydrogen-bond donors (Lipinski definition) is 1. The zero-order valence-corrected chi connectivity index (χ0v) is 14.1. The number of amides is 1. The van der Waals surface area contributed by atoms with Gasteiger partial charge in [-0.25, -0.2) is 0 Å². The Labute approximate surface area is 126 Å². The lowest BCUT2D eigenvalue weighted by Crippen LogP contribution is -2.22. The first-order chi connectivity index (χ1) is 8.56. The molecule has 3 nitrogen and oxygen atoms in total. The summed E-state index contributed by atoms with van der Waals surface area (Å²) in [6.07, 6.45) is 7.44. The maximum absolute atomic E-state index is 11.1. The van der Waals surface area contributed by atoms with Gasteiger partial charge in [-0.05, 0) is 50.8 Å². The van der Waals surface area contributed by atoms with Crippen LogP contribution in [0.3, 0.4) is 0 Å². The highest BCUT2D eigenvalue weighted by Gasteiger charge is 2.09. The number of allylic oxidation sites excluding steroid dienone is 1. The van der Waals surface area contributed by atoms with Crippen LogP contribution in [0.25, 0.3) is 0 Å². The Kier molecular flexibility index (Phi) is 10.7. The Bertz CT molecular complexity index is 299. The number of hydrogen-bond acceptors (Lipinski definition) is 2. The first-order valence-electron chi connectivity index (χ1n) is 6.20. The predicted molar refractivity (Wildman–Crippen MR) is 82.6 cm³/mol. The molecule has 104 valence electrons. The first kappa shape index (κ1) is 17.9. The van der Waals surface area contributed by atoms with Gasteiger partial charge in [0.05, 0.1) is 15.2 Å². The van der Waals surface area contributed by atoms with E-state index >= 15 is 0 Å². The van der Waals surface area contributed by atoms with Crippen LogP contribution < -0.4 is 0 Å². The highest BCUT2D eigenvalue weighted by molar-refractivity contribution is 9.28. The highest BCUT2D eigenvalue weighted by atomic mass is 79.9. The number of carbonyl (C=O) groups is 1. The molecule has 0 heterocycles. The number of carbonyl (C=O) groups excluding carboxylic acids is 1. The van der Waals surface area contributed by atoms with E-state index in [-0.39, 0.29) is 0 Å². The Balaban J connectivity index is 4.75. The molecule has 0 aromatic carbocycles. The molecule has 0 aliphatic carbocycles. The molecule has 0 aromatic heterocycles. The lowest BCUT2D eigenvalue weighted by molar-refractivity contribution is -0.116. The normalized spacial score (nSPS) is 12.5. The smallest absolute Gasteiger partial charge is 0.214 e. The van der Waals surface area contributed by atoms with Crippen LogP contribution in [-0.4, -0.2) is 29.1 Å². The number of rotatable bonds is 9. The Hall–Kier alpha value is -0.130. The molecule has 0 rings (SSSR count). The van der Waals surface area contributed by atoms with Crippen LogP contribution in [-0.2, 0) is 4.79 Å². The highest BCUT2D eigenvalue weighted by Crippen LogP contribution is 2.23. The van der Waals surface area contributed by atoms with Gasteiger partial charge in [0.25, 0.3) is 0 Å². The number of halogens is 2. The first-order valence-corrected chi connectivity index (χ1v) is 7.78. The fourth-order valence-electron chi connectivity index (χ4n) is 1.42. The van der Waals surface area contributed by atoms with Crippen molar-refractivity contribution >= 4 is 38.3 Å². The van der Waals surface area contributed by atoms with Crippen LogP contribution in [0, 0.1) is 0 Å². The van der Waals surface area contributed by atoms with Gasteiger partial charge in [0.1, 0.15) is 0 Å². The molecule has 1 unspecified atom stereocenters. The van der Waals surface area contributed by atoms with Gasteiger partial charge >= 0.3 is 0 Å². The molecule has 0 aromatic rings. The van der Waals surface area contributed by atoms with E-state index in [2.05, 4.69) is 38.8 Å². The number of aliphatic hydroxyl groups is 1. The van der Waals surface area contributed by atoms with Crippen LogP contribution in [0.2, 0.25) is 0 Å². The van der Waals surface area contributed by atoms with E-state index in [0.29, 0.717) is 9.94 Å². The van der Waals surface area contributed by atoms with Crippen molar-refractivity contribution in [2.45, 2.75) is 45.6 Å². The van der Waals surface area contributed by atoms with Crippen LogP contribution >= 0.6 is 31.9 Å². The standard InChI is InChI=1S/C13H21Br2NO2/c1-3-5-9-16(10-17)12(13(14)15)8-7-11(18)6-4-2/h7-8,10-11,18H,3-6,9H2,1-2H3/b8-7+. The van der Waals surface area contributed by atoms with Gasteiger partial charge in [0.2, 0.25) is 6.41 Å². The van der Waals surface area contributed by atoms with E-state index in [9.17, 15) is 9.90 Å². The third-order valence-corrected chi connectivity index (χ3v) is 3.26. The SMILES string of the molecule is CCCCN(C=O)C(/C=C/C(O)CCC)=C(Br)Br. The van der Waals surface area contributed by atoms with Gasteiger partial charge in [-0.1, -0.05) is 32.8 Å². The van der Waals surface area contributed by atoms with E-state index in [1.54, 1.807) is 17.1 Å². The van der Waals surface area contributed by atoms with E-state index in [0.717, 1.165) is 37.8 Å². The molecule has 1 atom stereocenters. The van der Waals surface area contributed by atoms with E-state index in [1.807, 2.05) is 6.92 Å². The Morgan fingerprint density at radius 2 is 2.00 bits per heavy atom. The Morgan fingerprint density at radius 3 is 2.44 bits per heavy atom. The van der Waals surface area contributed by atoms with Gasteiger partial charge in [-0.2, -0.15) is 0 Å². The number of nitrogens with zero attached hydrogens (tertiary/aromatic N) is 1. The van der Waals surface area contributed by atoms with E-state index in [4.69, 9.17) is 0 Å². The molecule has 1 N–H and O–H groups in total. The molecule has 5 heteroatoms. The molecule has 18 heavy (non-hydrogen) atoms. The van der Waals surface area contributed by atoms with Crippen molar-refractivity contribution in [1.82, 2.24) is 4.90 Å². The lowest BCUT2D eigenvalue weighted by Gasteiger charge is -2.19. The summed E-state index contributed by atoms with van der Waals surface area (Å²) in [6, 6.07) is 0. The lowest BCUT2D eigenvalue weighted by atomic mass is 10.2. The molecular weight excluding hydrogens is 362 g/mol. The minimum absolute atomic E-state index is 0.468. The number of unbranched alkanes of at least 4 members (excludes halogenated alkanes) is 1. The van der Waals surface area contributed by atoms with Crippen molar-refractivity contribution in [3.63, 3.8) is 0 Å². The molecule has 0 spiro atoms. The number of aliphatic hydroxyl groups excluding tert-OH is 1. The van der Waals surface area contributed by atoms with Crippen molar-refractivity contribution in [1.29, 1.82) is 0 Å². The molecule has 0 saturated heterocycles. The fraction of sp³-hybridized carbons (Fsp3) is 0.615. The maximum Gasteiger partial charge on any atom is 0.214 e. The quantitative estimate of drug-likeness (QED) is 0.485. The summed E-state index contributed by atoms with van der Waals surface area (Å²) >= 11 is 6.65. The van der Waals surface area contributed by atoms with Crippen molar-refractivity contribution in [3.05, 3.63) is 21.2 Å². The van der Waals surface area contributed by atoms with Gasteiger partial charge in [0.15, 0.2) is 0 Å². The molecule has 0 fully saturated rings. The molecule has 0 saturated carbocycles. The topological polar surface area (TPSA) is 40.5 Å². The monoisotopic (exact) mass is 381 g/mol. The Morgan fingerprint density at radius 1 is 1.33 bits per heavy atom. The third-order valence-electron chi connectivity index (χ3n) is 2.44. The summed E-state index contributed by atoms with van der Waals surface area (Å²) in [5, 5.41) is 9.66. The minimum atomic E-state index is -0.468. The third kappa shape index (κ3) is 7.34. The average Bonchev–Trinajstić information content (AvgIpc) is 2.33. The van der Waals surface area contributed by atoms with Gasteiger partial charge in [-0.15, -0.1) is 0 Å². The maximum atomic E-state index is 11.1. The largest absolute Gasteiger partial charge is 0.389 e. The van der Waals surface area contributed by atoms with Gasteiger partial charge < -0.3 is 10.0 Å². The summed E-state index contributed by atoms with van der Waals surface area (Å²) in [6.45, 7) is 4.77. The van der Waals surface area contributed by atoms with Gasteiger partial charge in [-0.3, -0.25) is 4.79 Å². The second-order valence-electron chi connectivity index (χ2n) is 4.01. The van der Waals surface area contributed by atoms with Crippen molar-refractivity contribution in [3.8, 4) is 0 Å². The summed E-state index contributed by atoms with van der Waals surface area (Å²) in [4.78, 5) is 12.7. The zero-order valence-electron chi connectivity index (χ0n) is 10.9. The second-order valence-corrected chi connectivity index (χ2v) is 6.66. The van der Waals surface area contributed by atoms with Crippen LogP contribution in [0.15, 0.2) is 21.2 Å². The van der Waals surface area contributed by atoms with Crippen LogP contribution in [0.5, 0.6) is 0 Å². The van der Waals surface area contributed by atoms with Gasteiger partial charge in [0, 0.05) is 6.54 Å². The van der Waals surface area contributed by atoms with Crippen molar-refractivity contribution in [2.75, 3.05) is 6.54 Å². The second kappa shape index (κ2) is 10.8. The van der Waals surface area contributed by atoms with E-state index in [1.165, 1.54) is 0 Å². The molecular formula is C13H21Br2NO2. The summed E-state index contributed by atoms with van der Waals surface area (Å²) in [5.41, 5.74) is 0.730. The minimum Gasteiger partial charge on any atom is -0.389 e. The van der Waals surface area contributed by atoms with Crippen LogP contribution in [0.4, 0.5) is 0 Å². The zero-order chi connectivity index (χ0) is 14.0. The summed E-state index contributed by atoms with van der Waals surface area (Å²) in [7, 11) is 0. The van der Waals surface area contributed by atoms with E-state index < -0.39 is 6.10 Å². The molecule has 1 amide bonds. The predicted octanol–water partition coefficient (Wildman–Crippen LogP) is 3.92. The molecule has 0 aliphatic rings. The van der Waals surface area contributed by atoms with Crippen molar-refractivity contribution < 1.29 is 9.90 Å². The van der Waals surface area contributed by atoms with Crippen LogP contribution in [0.1, 0.15) is 39.5 Å².